The fraction of sp³-hybridized carbons (Fsp3) is 0.381. The summed E-state index contributed by atoms with van der Waals surface area (Å²) in [7, 11) is 0. The summed E-state index contributed by atoms with van der Waals surface area (Å²) >= 11 is 1.59. The molecule has 150 valence electrons. The van der Waals surface area contributed by atoms with Crippen molar-refractivity contribution in [2.45, 2.75) is 37.8 Å². The van der Waals surface area contributed by atoms with Gasteiger partial charge >= 0.3 is 0 Å². The van der Waals surface area contributed by atoms with Gasteiger partial charge in [0.15, 0.2) is 5.13 Å². The van der Waals surface area contributed by atoms with Crippen LogP contribution in [0.1, 0.15) is 25.7 Å². The third-order valence-electron chi connectivity index (χ3n) is 5.21. The molecule has 0 radical (unpaired) electrons. The lowest BCUT2D eigenvalue weighted by Gasteiger charge is -2.23. The Bertz CT molecular complexity index is 979. The Morgan fingerprint density at radius 1 is 0.931 bits per heavy atom. The molecule has 29 heavy (non-hydrogen) atoms. The Hall–Kier alpha value is -2.58. The van der Waals surface area contributed by atoms with Gasteiger partial charge in [-0.3, -0.25) is 0 Å². The number of nitrogens with one attached hydrogen (secondary N) is 3. The fourth-order valence-corrected chi connectivity index (χ4v) is 4.50. The first-order chi connectivity index (χ1) is 14.2. The summed E-state index contributed by atoms with van der Waals surface area (Å²) < 4.78 is 13.5. The van der Waals surface area contributed by atoms with E-state index < -0.39 is 0 Å². The monoisotopic (exact) mass is 410 g/mol. The van der Waals surface area contributed by atoms with Gasteiger partial charge in [-0.05, 0) is 69.1 Å². The highest BCUT2D eigenvalue weighted by atomic mass is 32.1. The third kappa shape index (κ3) is 4.38. The van der Waals surface area contributed by atoms with Gasteiger partial charge in [0.1, 0.15) is 5.82 Å². The van der Waals surface area contributed by atoms with Gasteiger partial charge in [0, 0.05) is 23.8 Å². The number of nitrogens with zero attached hydrogens (tertiary/aromatic N) is 3. The maximum absolute atomic E-state index is 13.5. The molecule has 0 spiro atoms. The van der Waals surface area contributed by atoms with Crippen LogP contribution in [0.15, 0.2) is 36.5 Å². The van der Waals surface area contributed by atoms with Crippen LogP contribution in [0, 0.1) is 5.82 Å². The van der Waals surface area contributed by atoms with Gasteiger partial charge in [-0.1, -0.05) is 11.3 Å². The fourth-order valence-electron chi connectivity index (χ4n) is 3.46. The van der Waals surface area contributed by atoms with Crippen molar-refractivity contribution >= 4 is 22.4 Å². The van der Waals surface area contributed by atoms with Gasteiger partial charge in [0.2, 0.25) is 5.95 Å². The molecular weight excluding hydrogens is 387 g/mol. The second kappa shape index (κ2) is 8.04. The number of anilines is 2. The van der Waals surface area contributed by atoms with Crippen molar-refractivity contribution < 1.29 is 4.39 Å². The van der Waals surface area contributed by atoms with Gasteiger partial charge in [-0.2, -0.15) is 0 Å². The van der Waals surface area contributed by atoms with E-state index in [-0.39, 0.29) is 5.82 Å². The number of aromatic nitrogens is 3. The molecule has 2 aromatic heterocycles. The highest BCUT2D eigenvalue weighted by molar-refractivity contribution is 7.19. The predicted molar refractivity (Wildman–Crippen MR) is 115 cm³/mol. The van der Waals surface area contributed by atoms with E-state index in [0.717, 1.165) is 52.9 Å². The minimum atomic E-state index is -0.253. The molecule has 3 aromatic rings. The maximum atomic E-state index is 13.5. The van der Waals surface area contributed by atoms with E-state index in [4.69, 9.17) is 9.97 Å². The normalized spacial score (nSPS) is 17.3. The molecule has 1 aromatic carbocycles. The zero-order chi connectivity index (χ0) is 19.6. The van der Waals surface area contributed by atoms with E-state index in [1.54, 1.807) is 29.7 Å². The van der Waals surface area contributed by atoms with Gasteiger partial charge in [0.25, 0.3) is 0 Å². The molecule has 3 N–H and O–H groups in total. The van der Waals surface area contributed by atoms with Crippen LogP contribution in [0.5, 0.6) is 0 Å². The molecular formula is C21H23FN6S. The lowest BCUT2D eigenvalue weighted by molar-refractivity contribution is 0.479. The van der Waals surface area contributed by atoms with Crippen molar-refractivity contribution in [2.75, 3.05) is 23.7 Å². The average molecular weight is 411 g/mol. The molecule has 6 nitrogen and oxygen atoms in total. The van der Waals surface area contributed by atoms with E-state index in [1.165, 1.54) is 25.0 Å². The Labute approximate surface area is 173 Å². The van der Waals surface area contributed by atoms with Gasteiger partial charge in [0.05, 0.1) is 16.3 Å². The summed E-state index contributed by atoms with van der Waals surface area (Å²) in [6.45, 7) is 2.03. The molecule has 5 rings (SSSR count). The third-order valence-corrected chi connectivity index (χ3v) is 6.22. The summed E-state index contributed by atoms with van der Waals surface area (Å²) in [5, 5.41) is 11.2. The second-order valence-corrected chi connectivity index (χ2v) is 8.56. The van der Waals surface area contributed by atoms with Crippen molar-refractivity contribution in [1.29, 1.82) is 0 Å². The number of benzene rings is 1. The van der Waals surface area contributed by atoms with Crippen LogP contribution >= 0.6 is 11.3 Å². The zero-order valence-electron chi connectivity index (χ0n) is 16.0. The first-order valence-electron chi connectivity index (χ1n) is 10.1. The summed E-state index contributed by atoms with van der Waals surface area (Å²) in [5.74, 6) is 0.396. The number of piperidine rings is 1. The Balaban J connectivity index is 1.50. The van der Waals surface area contributed by atoms with Gasteiger partial charge in [-0.25, -0.2) is 19.3 Å². The number of rotatable bonds is 6. The van der Waals surface area contributed by atoms with Crippen molar-refractivity contribution in [3.8, 4) is 21.8 Å². The molecule has 3 heterocycles. The molecule has 1 aliphatic heterocycles. The predicted octanol–water partition coefficient (Wildman–Crippen LogP) is 4.14. The highest BCUT2D eigenvalue weighted by Crippen LogP contribution is 2.39. The molecule has 0 atom stereocenters. The number of hydrogen-bond acceptors (Lipinski definition) is 7. The van der Waals surface area contributed by atoms with Crippen molar-refractivity contribution in [2.24, 2.45) is 0 Å². The van der Waals surface area contributed by atoms with Crippen LogP contribution in [0.2, 0.25) is 0 Å². The SMILES string of the molecule is Fc1ccc(-c2nc(NC3CCNCC3)sc2-c2ccnc(NC3CC3)n2)cc1. The minimum Gasteiger partial charge on any atom is -0.359 e. The average Bonchev–Trinajstić information content (AvgIpc) is 3.46. The Morgan fingerprint density at radius 3 is 2.45 bits per heavy atom. The lowest BCUT2D eigenvalue weighted by atomic mass is 10.1. The van der Waals surface area contributed by atoms with Crippen LogP contribution in [-0.2, 0) is 0 Å². The van der Waals surface area contributed by atoms with Gasteiger partial charge in [-0.15, -0.1) is 0 Å². The first kappa shape index (κ1) is 18.4. The molecule has 1 saturated carbocycles. The summed E-state index contributed by atoms with van der Waals surface area (Å²) in [6, 6.07) is 9.29. The van der Waals surface area contributed by atoms with E-state index in [0.29, 0.717) is 18.0 Å². The van der Waals surface area contributed by atoms with Gasteiger partial charge < -0.3 is 16.0 Å². The number of thiazole rings is 1. The van der Waals surface area contributed by atoms with E-state index in [1.807, 2.05) is 6.07 Å². The van der Waals surface area contributed by atoms with E-state index in [9.17, 15) is 4.39 Å². The Morgan fingerprint density at radius 2 is 1.69 bits per heavy atom. The van der Waals surface area contributed by atoms with Crippen LogP contribution in [0.25, 0.3) is 21.8 Å². The summed E-state index contributed by atoms with van der Waals surface area (Å²) in [5.41, 5.74) is 2.53. The van der Waals surface area contributed by atoms with Crippen molar-refractivity contribution in [1.82, 2.24) is 20.3 Å². The van der Waals surface area contributed by atoms with E-state index in [2.05, 4.69) is 20.9 Å². The van der Waals surface area contributed by atoms with Crippen LogP contribution in [0.4, 0.5) is 15.5 Å². The molecule has 0 unspecified atom stereocenters. The minimum absolute atomic E-state index is 0.253. The molecule has 2 fully saturated rings. The smallest absolute Gasteiger partial charge is 0.223 e. The number of halogens is 1. The summed E-state index contributed by atoms with van der Waals surface area (Å²) in [6.07, 6.45) is 6.26. The molecule has 0 bridgehead atoms. The topological polar surface area (TPSA) is 74.8 Å². The summed E-state index contributed by atoms with van der Waals surface area (Å²) in [4.78, 5) is 14.9. The number of hydrogen-bond donors (Lipinski definition) is 3. The highest BCUT2D eigenvalue weighted by Gasteiger charge is 2.23. The van der Waals surface area contributed by atoms with Crippen LogP contribution < -0.4 is 16.0 Å². The van der Waals surface area contributed by atoms with Crippen molar-refractivity contribution in [3.05, 3.63) is 42.3 Å². The molecule has 1 saturated heterocycles. The second-order valence-electron chi connectivity index (χ2n) is 7.56. The molecule has 0 amide bonds. The molecule has 1 aliphatic carbocycles. The quantitative estimate of drug-likeness (QED) is 0.567. The van der Waals surface area contributed by atoms with E-state index >= 15 is 0 Å². The van der Waals surface area contributed by atoms with Crippen LogP contribution in [-0.4, -0.2) is 40.1 Å². The first-order valence-corrected chi connectivity index (χ1v) is 10.9. The zero-order valence-corrected chi connectivity index (χ0v) is 16.8. The standard InChI is InChI=1S/C21H23FN6S/c22-14-3-1-13(2-4-14)18-19(17-9-12-24-20(27-17)25-15-5-6-15)29-21(28-18)26-16-7-10-23-11-8-16/h1-4,9,12,15-16,23H,5-8,10-11H2,(H,26,28)(H,24,25,27). The molecule has 2 aliphatic rings. The molecule has 8 heteroatoms. The lowest BCUT2D eigenvalue weighted by Crippen LogP contribution is -2.35. The van der Waals surface area contributed by atoms with Crippen LogP contribution in [0.3, 0.4) is 0 Å². The van der Waals surface area contributed by atoms with Crippen molar-refractivity contribution in [3.63, 3.8) is 0 Å². The Kier molecular flexibility index (Phi) is 5.12. The maximum Gasteiger partial charge on any atom is 0.223 e. The largest absolute Gasteiger partial charge is 0.359 e.